The van der Waals surface area contributed by atoms with E-state index in [0.717, 1.165) is 29.5 Å². The van der Waals surface area contributed by atoms with Crippen LogP contribution in [0.3, 0.4) is 0 Å². The fraction of sp³-hybridized carbons (Fsp3) is 0.588. The summed E-state index contributed by atoms with van der Waals surface area (Å²) in [6.45, 7) is 10.7. The van der Waals surface area contributed by atoms with E-state index in [1.807, 2.05) is 13.8 Å². The molecule has 1 aliphatic rings. The minimum absolute atomic E-state index is 0.121. The van der Waals surface area contributed by atoms with Gasteiger partial charge in [-0.1, -0.05) is 32.9 Å². The first-order valence-corrected chi connectivity index (χ1v) is 7.11. The molecule has 1 aromatic carbocycles. The molecule has 2 rings (SSSR count). The van der Waals surface area contributed by atoms with E-state index in [1.165, 1.54) is 5.56 Å². The van der Waals surface area contributed by atoms with Crippen LogP contribution < -0.4 is 5.73 Å². The number of hydrogen-bond acceptors (Lipinski definition) is 2. The highest BCUT2D eigenvalue weighted by atomic mass is 16.1. The molecule has 0 spiro atoms. The SMILES string of the molecule is Cc1cc(C(C)(C)C)cc(C)c1C(=O)C1CC(N)C1. The number of aryl methyl sites for hydroxylation is 2. The molecule has 0 aromatic heterocycles. The van der Waals surface area contributed by atoms with Crippen molar-refractivity contribution in [2.45, 2.75) is 58.9 Å². The van der Waals surface area contributed by atoms with Crippen molar-refractivity contribution < 1.29 is 4.79 Å². The van der Waals surface area contributed by atoms with E-state index in [9.17, 15) is 4.79 Å². The van der Waals surface area contributed by atoms with Crippen molar-refractivity contribution in [2.24, 2.45) is 11.7 Å². The predicted molar refractivity (Wildman–Crippen MR) is 79.6 cm³/mol. The Bertz CT molecular complexity index is 481. The van der Waals surface area contributed by atoms with Gasteiger partial charge in [0, 0.05) is 17.5 Å². The van der Waals surface area contributed by atoms with Crippen LogP contribution in [0.1, 0.15) is 60.7 Å². The molecule has 0 aliphatic heterocycles. The summed E-state index contributed by atoms with van der Waals surface area (Å²) >= 11 is 0. The van der Waals surface area contributed by atoms with Crippen LogP contribution >= 0.6 is 0 Å². The molecule has 2 heteroatoms. The Morgan fingerprint density at radius 3 is 2.00 bits per heavy atom. The van der Waals surface area contributed by atoms with Crippen molar-refractivity contribution in [3.63, 3.8) is 0 Å². The quantitative estimate of drug-likeness (QED) is 0.826. The fourth-order valence-corrected chi connectivity index (χ4v) is 2.87. The standard InChI is InChI=1S/C17H25NO/c1-10-6-13(17(3,4)5)7-11(2)15(10)16(19)12-8-14(18)9-12/h6-7,12,14H,8-9,18H2,1-5H3. The third-order valence-corrected chi connectivity index (χ3v) is 4.19. The third kappa shape index (κ3) is 2.74. The number of benzene rings is 1. The van der Waals surface area contributed by atoms with Crippen LogP contribution in [0.25, 0.3) is 0 Å². The number of nitrogens with two attached hydrogens (primary N) is 1. The van der Waals surface area contributed by atoms with E-state index in [2.05, 4.69) is 32.9 Å². The second-order valence-electron chi connectivity index (χ2n) is 7.03. The van der Waals surface area contributed by atoms with Gasteiger partial charge in [0.15, 0.2) is 5.78 Å². The average molecular weight is 259 g/mol. The molecule has 1 saturated carbocycles. The topological polar surface area (TPSA) is 43.1 Å². The zero-order chi connectivity index (χ0) is 14.4. The van der Waals surface area contributed by atoms with E-state index in [0.29, 0.717) is 0 Å². The number of ketones is 1. The van der Waals surface area contributed by atoms with Crippen molar-refractivity contribution in [2.75, 3.05) is 0 Å². The lowest BCUT2D eigenvalue weighted by molar-refractivity contribution is 0.0831. The molecule has 0 bridgehead atoms. The van der Waals surface area contributed by atoms with Crippen LogP contribution in [-0.4, -0.2) is 11.8 Å². The Hall–Kier alpha value is -1.15. The molecule has 1 aromatic rings. The molecular weight excluding hydrogens is 234 g/mol. The Morgan fingerprint density at radius 1 is 1.16 bits per heavy atom. The minimum Gasteiger partial charge on any atom is -0.328 e. The lowest BCUT2D eigenvalue weighted by Crippen LogP contribution is -2.40. The summed E-state index contributed by atoms with van der Waals surface area (Å²) in [6.07, 6.45) is 1.69. The number of carbonyl (C=O) groups is 1. The van der Waals surface area contributed by atoms with Crippen LogP contribution in [-0.2, 0) is 5.41 Å². The molecule has 0 saturated heterocycles. The van der Waals surface area contributed by atoms with Gasteiger partial charge in [-0.2, -0.15) is 0 Å². The molecule has 0 heterocycles. The van der Waals surface area contributed by atoms with Crippen molar-refractivity contribution in [1.29, 1.82) is 0 Å². The van der Waals surface area contributed by atoms with Crippen LogP contribution in [0.4, 0.5) is 0 Å². The van der Waals surface area contributed by atoms with Crippen LogP contribution in [0.5, 0.6) is 0 Å². The van der Waals surface area contributed by atoms with Crippen LogP contribution in [0.15, 0.2) is 12.1 Å². The van der Waals surface area contributed by atoms with E-state index in [4.69, 9.17) is 5.73 Å². The van der Waals surface area contributed by atoms with E-state index in [1.54, 1.807) is 0 Å². The summed E-state index contributed by atoms with van der Waals surface area (Å²) in [4.78, 5) is 12.5. The Kier molecular flexibility index (Phi) is 3.57. The average Bonchev–Trinajstić information content (AvgIpc) is 2.22. The first-order valence-electron chi connectivity index (χ1n) is 7.11. The van der Waals surface area contributed by atoms with Crippen LogP contribution in [0.2, 0.25) is 0 Å². The molecule has 104 valence electrons. The maximum absolute atomic E-state index is 12.5. The van der Waals surface area contributed by atoms with Gasteiger partial charge in [-0.3, -0.25) is 4.79 Å². The summed E-state index contributed by atoms with van der Waals surface area (Å²) in [7, 11) is 0. The molecule has 1 fully saturated rings. The Balaban J connectivity index is 2.35. The summed E-state index contributed by atoms with van der Waals surface area (Å²) in [5, 5.41) is 0. The molecule has 19 heavy (non-hydrogen) atoms. The Morgan fingerprint density at radius 2 is 1.63 bits per heavy atom. The molecule has 1 aliphatic carbocycles. The van der Waals surface area contributed by atoms with Crippen molar-refractivity contribution >= 4 is 5.78 Å². The summed E-state index contributed by atoms with van der Waals surface area (Å²) in [5.41, 5.74) is 10.3. The molecule has 2 nitrogen and oxygen atoms in total. The third-order valence-electron chi connectivity index (χ3n) is 4.19. The maximum atomic E-state index is 12.5. The molecule has 2 N–H and O–H groups in total. The Labute approximate surface area is 116 Å². The van der Waals surface area contributed by atoms with Crippen molar-refractivity contribution in [3.8, 4) is 0 Å². The van der Waals surface area contributed by atoms with E-state index >= 15 is 0 Å². The van der Waals surface area contributed by atoms with Gasteiger partial charge in [0.1, 0.15) is 0 Å². The van der Waals surface area contributed by atoms with Gasteiger partial charge in [0.25, 0.3) is 0 Å². The normalized spacial score (nSPS) is 23.1. The first-order chi connectivity index (χ1) is 8.70. The lowest BCUT2D eigenvalue weighted by atomic mass is 9.74. The van der Waals surface area contributed by atoms with Gasteiger partial charge in [-0.15, -0.1) is 0 Å². The summed E-state index contributed by atoms with van der Waals surface area (Å²) in [6, 6.07) is 4.56. The van der Waals surface area contributed by atoms with Gasteiger partial charge in [-0.05, 0) is 48.8 Å². The lowest BCUT2D eigenvalue weighted by Gasteiger charge is -2.32. The molecule has 0 unspecified atom stereocenters. The largest absolute Gasteiger partial charge is 0.328 e. The number of rotatable bonds is 2. The second-order valence-corrected chi connectivity index (χ2v) is 7.03. The highest BCUT2D eigenvalue weighted by Crippen LogP contribution is 2.33. The van der Waals surface area contributed by atoms with Gasteiger partial charge in [-0.25, -0.2) is 0 Å². The van der Waals surface area contributed by atoms with E-state index in [-0.39, 0.29) is 23.2 Å². The number of carbonyl (C=O) groups excluding carboxylic acids is 1. The molecular formula is C17H25NO. The van der Waals surface area contributed by atoms with E-state index < -0.39 is 0 Å². The summed E-state index contributed by atoms with van der Waals surface area (Å²) < 4.78 is 0. The van der Waals surface area contributed by atoms with Crippen molar-refractivity contribution in [3.05, 3.63) is 34.4 Å². The zero-order valence-corrected chi connectivity index (χ0v) is 12.7. The predicted octanol–water partition coefficient (Wildman–Crippen LogP) is 3.52. The maximum Gasteiger partial charge on any atom is 0.166 e. The van der Waals surface area contributed by atoms with Gasteiger partial charge in [0.2, 0.25) is 0 Å². The molecule has 0 radical (unpaired) electrons. The highest BCUT2D eigenvalue weighted by molar-refractivity contribution is 6.01. The fourth-order valence-electron chi connectivity index (χ4n) is 2.87. The second kappa shape index (κ2) is 4.75. The van der Waals surface area contributed by atoms with Gasteiger partial charge >= 0.3 is 0 Å². The number of Topliss-reactive ketones (excluding diaryl/α,β-unsaturated/α-hetero) is 1. The van der Waals surface area contributed by atoms with Crippen molar-refractivity contribution in [1.82, 2.24) is 0 Å². The van der Waals surface area contributed by atoms with Gasteiger partial charge in [0.05, 0.1) is 0 Å². The zero-order valence-electron chi connectivity index (χ0n) is 12.7. The minimum atomic E-state index is 0.121. The number of hydrogen-bond donors (Lipinski definition) is 1. The van der Waals surface area contributed by atoms with Crippen LogP contribution in [0, 0.1) is 19.8 Å². The smallest absolute Gasteiger partial charge is 0.166 e. The molecule has 0 atom stereocenters. The summed E-state index contributed by atoms with van der Waals surface area (Å²) in [5.74, 6) is 0.435. The van der Waals surface area contributed by atoms with Gasteiger partial charge < -0.3 is 5.73 Å². The molecule has 0 amide bonds. The first kappa shape index (κ1) is 14.3. The monoisotopic (exact) mass is 259 g/mol. The highest BCUT2D eigenvalue weighted by Gasteiger charge is 2.34.